The third kappa shape index (κ3) is 6.08. The number of ether oxygens (including phenoxy) is 1. The molecular weight excluding hydrogens is 959 g/mol. The standard InChI is InChI=1S/C76H51NO2/c1-75(2)63-27-10-6-19-55(63)57-42-41-51(45-67(57)75)77(50-39-35-48(36-40-50)53-24-16-32-69-71(53)62-22-9-13-31-68(62)78-69)49-37-33-47(34-38-49)52-23-15-30-66-70(52)61-21-8-12-29-65(61)76(66)64-28-11-7-20-56(64)58-43-44-60-59-26-14-25-54(46-17-4-3-5-18-46)73(59)79-74(60)72(58)76/h3-45,59,73H,1-2H3. The maximum atomic E-state index is 7.47. The van der Waals surface area contributed by atoms with Crippen LogP contribution in [-0.2, 0) is 10.8 Å². The molecule has 0 radical (unpaired) electrons. The van der Waals surface area contributed by atoms with Crippen molar-refractivity contribution in [2.75, 3.05) is 4.90 Å². The number of hydrogen-bond acceptors (Lipinski definition) is 3. The second kappa shape index (κ2) is 16.4. The molecule has 3 atom stereocenters. The molecule has 5 aliphatic rings. The molecule has 0 saturated carbocycles. The molecule has 1 aromatic heterocycles. The zero-order chi connectivity index (χ0) is 52.1. The van der Waals surface area contributed by atoms with Crippen molar-refractivity contribution in [1.82, 2.24) is 0 Å². The highest BCUT2D eigenvalue weighted by Gasteiger charge is 2.56. The van der Waals surface area contributed by atoms with Crippen LogP contribution in [0.25, 0.3) is 83.1 Å². The first-order chi connectivity index (χ1) is 38.9. The van der Waals surface area contributed by atoms with E-state index in [1.165, 1.54) is 94.6 Å². The highest BCUT2D eigenvalue weighted by atomic mass is 16.5. The summed E-state index contributed by atoms with van der Waals surface area (Å²) in [6.45, 7) is 4.73. The summed E-state index contributed by atoms with van der Waals surface area (Å²) in [7, 11) is 0. The molecule has 1 spiro atoms. The number of anilines is 3. The summed E-state index contributed by atoms with van der Waals surface area (Å²) in [6.07, 6.45) is 6.69. The van der Waals surface area contributed by atoms with E-state index in [9.17, 15) is 0 Å². The summed E-state index contributed by atoms with van der Waals surface area (Å²) in [5.74, 6) is 1.13. The van der Waals surface area contributed by atoms with E-state index in [0.717, 1.165) is 55.9 Å². The number of hydrogen-bond donors (Lipinski definition) is 0. The Bertz CT molecular complexity index is 4610. The number of furan rings is 1. The van der Waals surface area contributed by atoms with E-state index in [1.807, 2.05) is 6.07 Å². The Labute approximate surface area is 459 Å². The SMILES string of the molecule is CC1(C)c2ccccc2-c2ccc(N(c3ccc(-c4cccc5c4-c4ccccc4C54c5ccccc5-c5ccc6c(c54)OC4C(c5ccccc5)=CC=CC64)cc3)c3ccc(-c4cccc5oc6ccccc6c45)cc3)cc21. The second-order valence-electron chi connectivity index (χ2n) is 22.5. The predicted octanol–water partition coefficient (Wildman–Crippen LogP) is 19.5. The van der Waals surface area contributed by atoms with Crippen molar-refractivity contribution in [1.29, 1.82) is 0 Å². The van der Waals surface area contributed by atoms with Gasteiger partial charge in [-0.3, -0.25) is 0 Å². The molecule has 0 bridgehead atoms. The molecule has 4 aliphatic carbocycles. The molecule has 2 heterocycles. The fourth-order valence-corrected chi connectivity index (χ4v) is 14.9. The quantitative estimate of drug-likeness (QED) is 0.166. The molecule has 1 aliphatic heterocycles. The molecule has 0 N–H and O–H groups in total. The lowest BCUT2D eigenvalue weighted by Crippen LogP contribution is -2.27. The van der Waals surface area contributed by atoms with Gasteiger partial charge in [0, 0.05) is 55.9 Å². The minimum atomic E-state index is -0.590. The summed E-state index contributed by atoms with van der Waals surface area (Å²) < 4.78 is 13.8. The molecule has 12 aromatic rings. The average molecular weight is 1010 g/mol. The van der Waals surface area contributed by atoms with Crippen molar-refractivity contribution in [2.24, 2.45) is 0 Å². The van der Waals surface area contributed by atoms with Crippen molar-refractivity contribution in [3.05, 3.63) is 305 Å². The summed E-state index contributed by atoms with van der Waals surface area (Å²) in [4.78, 5) is 2.43. The van der Waals surface area contributed by atoms with Gasteiger partial charge >= 0.3 is 0 Å². The van der Waals surface area contributed by atoms with Gasteiger partial charge in [-0.05, 0) is 138 Å². The fourth-order valence-electron chi connectivity index (χ4n) is 14.9. The van der Waals surface area contributed by atoms with Crippen LogP contribution in [0, 0.1) is 0 Å². The fraction of sp³-hybridized carbons (Fsp3) is 0.0789. The Hall–Kier alpha value is -9.70. The van der Waals surface area contributed by atoms with Crippen molar-refractivity contribution in [2.45, 2.75) is 36.7 Å². The number of allylic oxidation sites excluding steroid dienone is 2. The third-order valence-electron chi connectivity index (χ3n) is 18.3. The number of rotatable bonds is 6. The summed E-state index contributed by atoms with van der Waals surface area (Å²) in [5.41, 5.74) is 28.3. The van der Waals surface area contributed by atoms with E-state index >= 15 is 0 Å². The number of benzene rings is 11. The first-order valence-corrected chi connectivity index (χ1v) is 27.7. The van der Waals surface area contributed by atoms with E-state index in [0.29, 0.717) is 0 Å². The second-order valence-corrected chi connectivity index (χ2v) is 22.5. The Morgan fingerprint density at radius 3 is 1.77 bits per heavy atom. The zero-order valence-corrected chi connectivity index (χ0v) is 43.7. The van der Waals surface area contributed by atoms with Gasteiger partial charge in [0.25, 0.3) is 0 Å². The molecule has 79 heavy (non-hydrogen) atoms. The van der Waals surface area contributed by atoms with E-state index in [-0.39, 0.29) is 17.4 Å². The lowest BCUT2D eigenvalue weighted by atomic mass is 9.69. The van der Waals surface area contributed by atoms with E-state index in [2.05, 4.69) is 274 Å². The number of nitrogens with zero attached hydrogens (tertiary/aromatic N) is 1. The molecule has 0 saturated heterocycles. The van der Waals surface area contributed by atoms with E-state index in [1.54, 1.807) is 0 Å². The first kappa shape index (κ1) is 44.4. The Kier molecular flexibility index (Phi) is 9.23. The van der Waals surface area contributed by atoms with Crippen LogP contribution >= 0.6 is 0 Å². The van der Waals surface area contributed by atoms with Gasteiger partial charge in [0.1, 0.15) is 23.0 Å². The molecule has 372 valence electrons. The van der Waals surface area contributed by atoms with Gasteiger partial charge in [-0.1, -0.05) is 226 Å². The lowest BCUT2D eigenvalue weighted by Gasteiger charge is -2.32. The molecular formula is C76H51NO2. The van der Waals surface area contributed by atoms with E-state index in [4.69, 9.17) is 9.15 Å². The van der Waals surface area contributed by atoms with Crippen LogP contribution in [0.4, 0.5) is 17.1 Å². The highest BCUT2D eigenvalue weighted by molar-refractivity contribution is 6.12. The molecule has 11 aromatic carbocycles. The Balaban J connectivity index is 0.808. The number of fused-ring (bicyclic) bond motifs is 20. The normalized spacial score (nSPS) is 18.0. The van der Waals surface area contributed by atoms with Crippen LogP contribution in [0.2, 0.25) is 0 Å². The van der Waals surface area contributed by atoms with Crippen molar-refractivity contribution >= 4 is 44.6 Å². The molecule has 3 heteroatoms. The summed E-state index contributed by atoms with van der Waals surface area (Å²) >= 11 is 0. The lowest BCUT2D eigenvalue weighted by molar-refractivity contribution is 0.275. The van der Waals surface area contributed by atoms with Crippen molar-refractivity contribution < 1.29 is 9.15 Å². The third-order valence-corrected chi connectivity index (χ3v) is 18.3. The van der Waals surface area contributed by atoms with Crippen LogP contribution < -0.4 is 9.64 Å². The molecule has 3 nitrogen and oxygen atoms in total. The maximum Gasteiger partial charge on any atom is 0.136 e. The van der Waals surface area contributed by atoms with Gasteiger partial charge < -0.3 is 14.1 Å². The highest BCUT2D eigenvalue weighted by Crippen LogP contribution is 2.68. The smallest absolute Gasteiger partial charge is 0.136 e. The van der Waals surface area contributed by atoms with Crippen molar-refractivity contribution in [3.63, 3.8) is 0 Å². The minimum absolute atomic E-state index is 0.108. The number of para-hydroxylation sites is 1. The molecule has 0 amide bonds. The molecule has 17 rings (SSSR count). The predicted molar refractivity (Wildman–Crippen MR) is 324 cm³/mol. The van der Waals surface area contributed by atoms with Gasteiger partial charge in [0.2, 0.25) is 0 Å². The monoisotopic (exact) mass is 1010 g/mol. The van der Waals surface area contributed by atoms with Crippen LogP contribution in [0.3, 0.4) is 0 Å². The van der Waals surface area contributed by atoms with Gasteiger partial charge in [-0.25, -0.2) is 0 Å². The zero-order valence-electron chi connectivity index (χ0n) is 43.7. The van der Waals surface area contributed by atoms with E-state index < -0.39 is 5.41 Å². The van der Waals surface area contributed by atoms with Gasteiger partial charge in [-0.2, -0.15) is 0 Å². The topological polar surface area (TPSA) is 25.6 Å². The van der Waals surface area contributed by atoms with Gasteiger partial charge in [-0.15, -0.1) is 0 Å². The summed E-state index contributed by atoms with van der Waals surface area (Å²) in [6, 6.07) is 89.8. The summed E-state index contributed by atoms with van der Waals surface area (Å²) in [5, 5.41) is 2.27. The van der Waals surface area contributed by atoms with Crippen LogP contribution in [-0.4, -0.2) is 6.10 Å². The van der Waals surface area contributed by atoms with Gasteiger partial charge in [0.05, 0.1) is 5.41 Å². The Morgan fingerprint density at radius 1 is 0.418 bits per heavy atom. The molecule has 3 unspecified atom stereocenters. The average Bonchev–Trinajstić information content (AvgIpc) is 2.94. The largest absolute Gasteiger partial charge is 0.484 e. The minimum Gasteiger partial charge on any atom is -0.484 e. The van der Waals surface area contributed by atoms with Gasteiger partial charge in [0.15, 0.2) is 0 Å². The maximum absolute atomic E-state index is 7.47. The van der Waals surface area contributed by atoms with Crippen LogP contribution in [0.1, 0.15) is 64.3 Å². The molecule has 0 fully saturated rings. The van der Waals surface area contributed by atoms with Crippen molar-refractivity contribution in [3.8, 4) is 61.4 Å². The first-order valence-electron chi connectivity index (χ1n) is 27.7. The van der Waals surface area contributed by atoms with Crippen LogP contribution in [0.15, 0.2) is 265 Å². The van der Waals surface area contributed by atoms with Crippen LogP contribution in [0.5, 0.6) is 5.75 Å². The Morgan fingerprint density at radius 2 is 0.987 bits per heavy atom.